The van der Waals surface area contributed by atoms with Crippen molar-refractivity contribution in [1.82, 2.24) is 10.2 Å². The van der Waals surface area contributed by atoms with E-state index in [-0.39, 0.29) is 18.0 Å². The first kappa shape index (κ1) is 19.8. The molecule has 3 amide bonds. The maximum atomic E-state index is 12.6. The topological polar surface area (TPSA) is 98.1 Å². The monoisotopic (exact) mass is 386 g/mol. The Bertz CT molecular complexity index is 846. The number of hydrogen-bond acceptors (Lipinski definition) is 6. The molecule has 0 bridgehead atoms. The van der Waals surface area contributed by atoms with Crippen LogP contribution in [0.4, 0.5) is 0 Å². The van der Waals surface area contributed by atoms with Crippen LogP contribution in [0.2, 0.25) is 0 Å². The normalized spacial score (nSPS) is 13.1. The number of furan rings is 1. The van der Waals surface area contributed by atoms with Gasteiger partial charge in [0.15, 0.2) is 0 Å². The van der Waals surface area contributed by atoms with Crippen molar-refractivity contribution in [3.63, 3.8) is 0 Å². The fraction of sp³-hybridized carbons (Fsp3) is 0.350. The number of nitrogens with zero attached hydrogens (tertiary/aromatic N) is 1. The van der Waals surface area contributed by atoms with Gasteiger partial charge in [-0.3, -0.25) is 19.3 Å². The summed E-state index contributed by atoms with van der Waals surface area (Å²) in [6.07, 6.45) is 2.15. The summed E-state index contributed by atoms with van der Waals surface area (Å²) in [7, 11) is 1.61. The highest BCUT2D eigenvalue weighted by atomic mass is 16.5. The van der Waals surface area contributed by atoms with Crippen molar-refractivity contribution in [2.24, 2.45) is 0 Å². The molecule has 1 aromatic heterocycles. The third-order valence-electron chi connectivity index (χ3n) is 4.31. The molecule has 28 heavy (non-hydrogen) atoms. The number of carbonyl (C=O) groups is 3. The highest BCUT2D eigenvalue weighted by Crippen LogP contribution is 2.25. The van der Waals surface area contributed by atoms with Crippen LogP contribution in [0.25, 0.3) is 0 Å². The zero-order valence-electron chi connectivity index (χ0n) is 15.6. The summed E-state index contributed by atoms with van der Waals surface area (Å²) in [4.78, 5) is 38.5. The number of nitrogens with one attached hydrogen (secondary N) is 1. The van der Waals surface area contributed by atoms with Crippen LogP contribution in [0.15, 0.2) is 41.0 Å². The largest absolute Gasteiger partial charge is 0.467 e. The Morgan fingerprint density at radius 3 is 2.68 bits per heavy atom. The Balaban J connectivity index is 1.57. The molecule has 2 aromatic rings. The second-order valence-corrected chi connectivity index (χ2v) is 6.25. The molecule has 1 N–H and O–H groups in total. The lowest BCUT2D eigenvalue weighted by Crippen LogP contribution is -2.28. The molecule has 8 nitrogen and oxygen atoms in total. The van der Waals surface area contributed by atoms with Crippen LogP contribution in [-0.4, -0.2) is 56.1 Å². The quantitative estimate of drug-likeness (QED) is 0.494. The highest BCUT2D eigenvalue weighted by Gasteiger charge is 2.36. The fourth-order valence-corrected chi connectivity index (χ4v) is 2.86. The van der Waals surface area contributed by atoms with Gasteiger partial charge in [-0.15, -0.1) is 0 Å². The minimum atomic E-state index is -0.433. The summed E-state index contributed by atoms with van der Waals surface area (Å²) in [5, 5.41) is 2.78. The van der Waals surface area contributed by atoms with E-state index >= 15 is 0 Å². The Labute approximate surface area is 162 Å². The predicted octanol–water partition coefficient (Wildman–Crippen LogP) is 1.86. The first-order valence-corrected chi connectivity index (χ1v) is 8.99. The minimum Gasteiger partial charge on any atom is -0.467 e. The summed E-state index contributed by atoms with van der Waals surface area (Å²) in [5.74, 6) is -0.612. The summed E-state index contributed by atoms with van der Waals surface area (Å²) in [6, 6.07) is 7.91. The van der Waals surface area contributed by atoms with Gasteiger partial charge in [-0.25, -0.2) is 0 Å². The van der Waals surface area contributed by atoms with Gasteiger partial charge in [0.05, 0.1) is 37.1 Å². The van der Waals surface area contributed by atoms with E-state index in [1.54, 1.807) is 25.3 Å². The third-order valence-corrected chi connectivity index (χ3v) is 4.31. The molecular weight excluding hydrogens is 364 g/mol. The average Bonchev–Trinajstić information content (AvgIpc) is 3.30. The van der Waals surface area contributed by atoms with Gasteiger partial charge in [0.1, 0.15) is 5.76 Å². The minimum absolute atomic E-state index is 0.0595. The summed E-state index contributed by atoms with van der Waals surface area (Å²) in [6.45, 7) is 2.07. The maximum absolute atomic E-state index is 12.6. The van der Waals surface area contributed by atoms with Crippen LogP contribution in [-0.2, 0) is 16.0 Å². The Kier molecular flexibility index (Phi) is 6.57. The van der Waals surface area contributed by atoms with Gasteiger partial charge in [0.2, 0.25) is 0 Å². The number of hydrogen-bond donors (Lipinski definition) is 1. The SMILES string of the molecule is COCCOCCCNC(=O)c1ccc2c(c1)C(=O)N(Cc1ccco1)C2=O. The molecule has 0 unspecified atom stereocenters. The molecule has 3 rings (SSSR count). The lowest BCUT2D eigenvalue weighted by atomic mass is 10.1. The molecule has 2 heterocycles. The van der Waals surface area contributed by atoms with E-state index in [1.807, 2.05) is 0 Å². The van der Waals surface area contributed by atoms with Crippen LogP contribution in [0, 0.1) is 0 Å². The molecule has 0 aliphatic carbocycles. The van der Waals surface area contributed by atoms with Crippen LogP contribution in [0.1, 0.15) is 43.3 Å². The average molecular weight is 386 g/mol. The van der Waals surface area contributed by atoms with Crippen molar-refractivity contribution in [3.05, 3.63) is 59.0 Å². The first-order valence-electron chi connectivity index (χ1n) is 8.99. The van der Waals surface area contributed by atoms with Gasteiger partial charge < -0.3 is 19.2 Å². The zero-order valence-corrected chi connectivity index (χ0v) is 15.6. The van der Waals surface area contributed by atoms with E-state index in [0.29, 0.717) is 49.7 Å². The van der Waals surface area contributed by atoms with Crippen molar-refractivity contribution < 1.29 is 28.3 Å². The van der Waals surface area contributed by atoms with Crippen LogP contribution >= 0.6 is 0 Å². The van der Waals surface area contributed by atoms with Gasteiger partial charge in [-0.05, 0) is 36.8 Å². The molecule has 1 aliphatic rings. The van der Waals surface area contributed by atoms with E-state index in [9.17, 15) is 14.4 Å². The van der Waals surface area contributed by atoms with Gasteiger partial charge in [0.25, 0.3) is 17.7 Å². The number of benzene rings is 1. The Hall–Kier alpha value is -2.97. The first-order chi connectivity index (χ1) is 13.6. The summed E-state index contributed by atoms with van der Waals surface area (Å²) >= 11 is 0. The van der Waals surface area contributed by atoms with Crippen molar-refractivity contribution in [2.75, 3.05) is 33.5 Å². The fourth-order valence-electron chi connectivity index (χ4n) is 2.86. The maximum Gasteiger partial charge on any atom is 0.261 e. The number of amides is 3. The zero-order chi connectivity index (χ0) is 19.9. The number of imide groups is 1. The molecule has 1 aromatic carbocycles. The van der Waals surface area contributed by atoms with Gasteiger partial charge >= 0.3 is 0 Å². The molecular formula is C20H22N2O6. The Morgan fingerprint density at radius 2 is 1.93 bits per heavy atom. The van der Waals surface area contributed by atoms with Crippen LogP contribution in [0.5, 0.6) is 0 Å². The molecule has 0 saturated heterocycles. The van der Waals surface area contributed by atoms with E-state index < -0.39 is 11.8 Å². The number of methoxy groups -OCH3 is 1. The van der Waals surface area contributed by atoms with Crippen LogP contribution in [0.3, 0.4) is 0 Å². The number of carbonyl (C=O) groups excluding carboxylic acids is 3. The lowest BCUT2D eigenvalue weighted by molar-refractivity contribution is 0.0631. The number of ether oxygens (including phenoxy) is 2. The smallest absolute Gasteiger partial charge is 0.261 e. The number of rotatable bonds is 10. The van der Waals surface area contributed by atoms with Gasteiger partial charge in [-0.2, -0.15) is 0 Å². The summed E-state index contributed by atoms with van der Waals surface area (Å²) < 4.78 is 15.4. The van der Waals surface area contributed by atoms with E-state index in [2.05, 4.69) is 5.32 Å². The van der Waals surface area contributed by atoms with E-state index in [1.165, 1.54) is 18.4 Å². The molecule has 0 fully saturated rings. The van der Waals surface area contributed by atoms with Gasteiger partial charge in [0, 0.05) is 25.8 Å². The lowest BCUT2D eigenvalue weighted by Gasteiger charge is -2.11. The molecule has 8 heteroatoms. The van der Waals surface area contributed by atoms with Crippen molar-refractivity contribution >= 4 is 17.7 Å². The molecule has 0 atom stereocenters. The van der Waals surface area contributed by atoms with Crippen molar-refractivity contribution in [3.8, 4) is 0 Å². The van der Waals surface area contributed by atoms with Gasteiger partial charge in [-0.1, -0.05) is 0 Å². The molecule has 0 spiro atoms. The van der Waals surface area contributed by atoms with Crippen LogP contribution < -0.4 is 5.32 Å². The molecule has 148 valence electrons. The molecule has 0 radical (unpaired) electrons. The standard InChI is InChI=1S/C20H22N2O6/c1-26-10-11-27-8-3-7-21-18(23)14-5-6-16-17(12-14)20(25)22(19(16)24)13-15-4-2-9-28-15/h2,4-6,9,12H,3,7-8,10-11,13H2,1H3,(H,21,23). The molecule has 0 saturated carbocycles. The van der Waals surface area contributed by atoms with Crippen molar-refractivity contribution in [1.29, 1.82) is 0 Å². The molecule has 1 aliphatic heterocycles. The van der Waals surface area contributed by atoms with Crippen molar-refractivity contribution in [2.45, 2.75) is 13.0 Å². The van der Waals surface area contributed by atoms with E-state index in [0.717, 1.165) is 4.90 Å². The second kappa shape index (κ2) is 9.29. The van der Waals surface area contributed by atoms with E-state index in [4.69, 9.17) is 13.9 Å². The highest BCUT2D eigenvalue weighted by molar-refractivity contribution is 6.21. The Morgan fingerprint density at radius 1 is 1.11 bits per heavy atom. The third kappa shape index (κ3) is 4.47. The second-order valence-electron chi connectivity index (χ2n) is 6.25. The predicted molar refractivity (Wildman–Crippen MR) is 99.0 cm³/mol. The summed E-state index contributed by atoms with van der Waals surface area (Å²) in [5.41, 5.74) is 0.854. The number of fused-ring (bicyclic) bond motifs is 1.